The van der Waals surface area contributed by atoms with Gasteiger partial charge in [-0.1, -0.05) is 18.7 Å². The van der Waals surface area contributed by atoms with Gasteiger partial charge >= 0.3 is 0 Å². The first-order valence-corrected chi connectivity index (χ1v) is 9.30. The van der Waals surface area contributed by atoms with Crippen molar-refractivity contribution >= 4 is 22.0 Å². The summed E-state index contributed by atoms with van der Waals surface area (Å²) in [6, 6.07) is 5.09. The van der Waals surface area contributed by atoms with Crippen LogP contribution in [0, 0.1) is 0 Å². The summed E-state index contributed by atoms with van der Waals surface area (Å²) in [6.45, 7) is 7.54. The van der Waals surface area contributed by atoms with Gasteiger partial charge in [0.05, 0.1) is 7.11 Å². The van der Waals surface area contributed by atoms with Gasteiger partial charge < -0.3 is 9.47 Å². The fraction of sp³-hybridized carbons (Fsp3) is 0.353. The van der Waals surface area contributed by atoms with E-state index in [-0.39, 0.29) is 11.9 Å². The van der Waals surface area contributed by atoms with Crippen LogP contribution in [0.5, 0.6) is 11.5 Å². The van der Waals surface area contributed by atoms with Gasteiger partial charge in [-0.3, -0.25) is 10.1 Å². The molecule has 0 spiro atoms. The number of methoxy groups -OCH3 is 1. The molecule has 0 unspecified atom stereocenters. The highest BCUT2D eigenvalue weighted by Crippen LogP contribution is 2.28. The summed E-state index contributed by atoms with van der Waals surface area (Å²) < 4.78 is 36.1. The van der Waals surface area contributed by atoms with Gasteiger partial charge in [0.2, 0.25) is 10.0 Å². The lowest BCUT2D eigenvalue weighted by atomic mass is 10.2. The maximum Gasteiger partial charge on any atom is 0.257 e. The molecule has 1 amide bonds. The topological polar surface area (TPSA) is 93.7 Å². The number of sulfonamides is 1. The molecule has 0 saturated carbocycles. The monoisotopic (exact) mass is 368 g/mol. The lowest BCUT2D eigenvalue weighted by molar-refractivity contribution is -0.114. The van der Waals surface area contributed by atoms with Crippen LogP contribution >= 0.6 is 0 Å². The molecule has 0 radical (unpaired) electrons. The van der Waals surface area contributed by atoms with Crippen LogP contribution in [0.2, 0.25) is 0 Å². The minimum absolute atomic E-state index is 0.00323. The van der Waals surface area contributed by atoms with Crippen LogP contribution < -0.4 is 19.5 Å². The number of hydrogen-bond donors (Lipinski definition) is 2. The Hall–Kier alpha value is -2.32. The van der Waals surface area contributed by atoms with E-state index >= 15 is 0 Å². The molecule has 138 valence electrons. The van der Waals surface area contributed by atoms with Gasteiger partial charge in [-0.25, -0.2) is 13.1 Å². The molecule has 1 aromatic rings. The van der Waals surface area contributed by atoms with Crippen LogP contribution in [-0.2, 0) is 14.8 Å². The van der Waals surface area contributed by atoms with E-state index in [0.29, 0.717) is 23.7 Å². The van der Waals surface area contributed by atoms with E-state index in [1.165, 1.54) is 13.2 Å². The van der Waals surface area contributed by atoms with Gasteiger partial charge in [-0.05, 0) is 37.6 Å². The largest absolute Gasteiger partial charge is 0.493 e. The van der Waals surface area contributed by atoms with Crippen molar-refractivity contribution in [3.63, 3.8) is 0 Å². The fourth-order valence-electron chi connectivity index (χ4n) is 1.73. The van der Waals surface area contributed by atoms with E-state index in [0.717, 1.165) is 6.08 Å². The maximum atomic E-state index is 11.8. The lowest BCUT2D eigenvalue weighted by Crippen LogP contribution is -2.38. The van der Waals surface area contributed by atoms with Gasteiger partial charge in [0.25, 0.3) is 5.91 Å². The van der Waals surface area contributed by atoms with Gasteiger partial charge in [-0.15, -0.1) is 0 Å². The lowest BCUT2D eigenvalue weighted by Gasteiger charge is -2.10. The SMILES string of the molecule is C=CCOc1ccc(/C=C/C(=O)NS(=O)(=O)CNC(C)C)cc1OC. The summed E-state index contributed by atoms with van der Waals surface area (Å²) in [5.41, 5.74) is 0.663. The minimum atomic E-state index is -3.73. The number of nitrogens with one attached hydrogen (secondary N) is 2. The van der Waals surface area contributed by atoms with Crippen LogP contribution in [0.3, 0.4) is 0 Å². The third-order valence-electron chi connectivity index (χ3n) is 2.91. The average Bonchev–Trinajstić information content (AvgIpc) is 2.56. The molecular formula is C17H24N2O5S. The summed E-state index contributed by atoms with van der Waals surface area (Å²) in [7, 11) is -2.22. The van der Waals surface area contributed by atoms with Crippen molar-refractivity contribution in [2.24, 2.45) is 0 Å². The van der Waals surface area contributed by atoms with E-state index in [4.69, 9.17) is 9.47 Å². The van der Waals surface area contributed by atoms with Gasteiger partial charge in [0.15, 0.2) is 11.5 Å². The van der Waals surface area contributed by atoms with Gasteiger partial charge in [0, 0.05) is 12.1 Å². The number of rotatable bonds is 10. The molecule has 0 aliphatic carbocycles. The zero-order valence-corrected chi connectivity index (χ0v) is 15.4. The molecule has 25 heavy (non-hydrogen) atoms. The van der Waals surface area contributed by atoms with Crippen LogP contribution in [0.15, 0.2) is 36.9 Å². The summed E-state index contributed by atoms with van der Waals surface area (Å²) in [5.74, 6) is -0.00560. The normalized spacial score (nSPS) is 11.5. The number of hydrogen-bond acceptors (Lipinski definition) is 6. The number of carbonyl (C=O) groups is 1. The zero-order valence-electron chi connectivity index (χ0n) is 14.6. The van der Waals surface area contributed by atoms with Gasteiger partial charge in [-0.2, -0.15) is 0 Å². The summed E-state index contributed by atoms with van der Waals surface area (Å²) in [5, 5.41) is 2.74. The van der Waals surface area contributed by atoms with E-state index in [2.05, 4.69) is 11.9 Å². The van der Waals surface area contributed by atoms with Crippen molar-refractivity contribution in [2.45, 2.75) is 19.9 Å². The Morgan fingerprint density at radius 2 is 2.04 bits per heavy atom. The van der Waals surface area contributed by atoms with E-state index in [1.807, 2.05) is 18.6 Å². The predicted octanol–water partition coefficient (Wildman–Crippen LogP) is 1.67. The second-order valence-electron chi connectivity index (χ2n) is 5.43. The number of carbonyl (C=O) groups excluding carboxylic acids is 1. The molecule has 0 atom stereocenters. The second kappa shape index (κ2) is 9.85. The smallest absolute Gasteiger partial charge is 0.257 e. The highest BCUT2D eigenvalue weighted by molar-refractivity contribution is 7.90. The van der Waals surface area contributed by atoms with Crippen molar-refractivity contribution in [3.05, 3.63) is 42.5 Å². The minimum Gasteiger partial charge on any atom is -0.493 e. The molecule has 8 heteroatoms. The quantitative estimate of drug-likeness (QED) is 0.482. The molecular weight excluding hydrogens is 344 g/mol. The molecule has 2 N–H and O–H groups in total. The Morgan fingerprint density at radius 1 is 1.32 bits per heavy atom. The standard InChI is InChI=1S/C17H24N2O5S/c1-5-10-24-15-8-6-14(11-16(15)23-4)7-9-17(20)19-25(21,22)12-18-13(2)3/h5-9,11,13,18H,1,10,12H2,2-4H3,(H,19,20)/b9-7+. The molecule has 7 nitrogen and oxygen atoms in total. The van der Waals surface area contributed by atoms with Crippen molar-refractivity contribution in [2.75, 3.05) is 19.6 Å². The van der Waals surface area contributed by atoms with Crippen molar-refractivity contribution in [1.82, 2.24) is 10.0 Å². The molecule has 0 fully saturated rings. The van der Waals surface area contributed by atoms with Crippen molar-refractivity contribution in [1.29, 1.82) is 0 Å². The zero-order chi connectivity index (χ0) is 18.9. The highest BCUT2D eigenvalue weighted by Gasteiger charge is 2.13. The van der Waals surface area contributed by atoms with E-state index < -0.39 is 15.9 Å². The Labute approximate surface area is 148 Å². The highest BCUT2D eigenvalue weighted by atomic mass is 32.2. The Bertz CT molecular complexity index is 727. The second-order valence-corrected chi connectivity index (χ2v) is 7.15. The first-order chi connectivity index (χ1) is 11.8. The molecule has 0 aliphatic heterocycles. The molecule has 0 bridgehead atoms. The molecule has 0 aromatic heterocycles. The van der Waals surface area contributed by atoms with Crippen LogP contribution in [0.25, 0.3) is 6.08 Å². The molecule has 0 saturated heterocycles. The Morgan fingerprint density at radius 3 is 2.64 bits per heavy atom. The maximum absolute atomic E-state index is 11.8. The first kappa shape index (κ1) is 20.7. The summed E-state index contributed by atoms with van der Waals surface area (Å²) >= 11 is 0. The fourth-order valence-corrected chi connectivity index (χ4v) is 2.73. The molecule has 1 rings (SSSR count). The summed E-state index contributed by atoms with van der Waals surface area (Å²) in [4.78, 5) is 11.8. The summed E-state index contributed by atoms with van der Waals surface area (Å²) in [6.07, 6.45) is 4.25. The van der Waals surface area contributed by atoms with E-state index in [9.17, 15) is 13.2 Å². The van der Waals surface area contributed by atoms with Crippen LogP contribution in [-0.4, -0.2) is 40.0 Å². The number of benzene rings is 1. The van der Waals surface area contributed by atoms with Crippen LogP contribution in [0.4, 0.5) is 0 Å². The Balaban J connectivity index is 2.74. The van der Waals surface area contributed by atoms with Crippen LogP contribution in [0.1, 0.15) is 19.4 Å². The number of ether oxygens (including phenoxy) is 2. The average molecular weight is 368 g/mol. The third-order valence-corrected chi connectivity index (χ3v) is 3.97. The van der Waals surface area contributed by atoms with Gasteiger partial charge in [0.1, 0.15) is 12.5 Å². The third kappa shape index (κ3) is 7.86. The predicted molar refractivity (Wildman–Crippen MR) is 97.9 cm³/mol. The van der Waals surface area contributed by atoms with Crippen molar-refractivity contribution < 1.29 is 22.7 Å². The molecule has 1 aromatic carbocycles. The first-order valence-electron chi connectivity index (χ1n) is 7.65. The van der Waals surface area contributed by atoms with Crippen molar-refractivity contribution in [3.8, 4) is 11.5 Å². The molecule has 0 aliphatic rings. The molecule has 0 heterocycles. The number of amides is 1. The van der Waals surface area contributed by atoms with E-state index in [1.54, 1.807) is 24.3 Å². The Kier molecular flexibility index (Phi) is 8.17.